The van der Waals surface area contributed by atoms with Gasteiger partial charge >= 0.3 is 6.09 Å². The Morgan fingerprint density at radius 1 is 1.83 bits per heavy atom. The number of amides is 1. The zero-order valence-electron chi connectivity index (χ0n) is 3.36. The highest BCUT2D eigenvalue weighted by atomic mass is 16.4. The summed E-state index contributed by atoms with van der Waals surface area (Å²) >= 11 is 0. The first-order chi connectivity index (χ1) is 2.77. The molecule has 0 aromatic heterocycles. The van der Waals surface area contributed by atoms with E-state index in [2.05, 4.69) is 5.43 Å². The summed E-state index contributed by atoms with van der Waals surface area (Å²) in [6.45, 7) is 0. The lowest BCUT2D eigenvalue weighted by atomic mass is 11.2. The molecule has 0 rings (SSSR count). The Morgan fingerprint density at radius 3 is 2.33 bits per heavy atom. The van der Waals surface area contributed by atoms with E-state index >= 15 is 0 Å². The van der Waals surface area contributed by atoms with E-state index in [1.807, 2.05) is 5.43 Å². The SMILES string of the molecule is CNNC(=O)O. The number of hydrazine groups is 1. The Bertz CT molecular complexity index is 53.5. The van der Waals surface area contributed by atoms with Gasteiger partial charge in [-0.25, -0.2) is 10.2 Å². The molecule has 0 radical (unpaired) electrons. The molecule has 36 valence electrons. The van der Waals surface area contributed by atoms with E-state index in [-0.39, 0.29) is 0 Å². The topological polar surface area (TPSA) is 61.4 Å². The number of hydrogen-bond acceptors (Lipinski definition) is 2. The Labute approximate surface area is 35.1 Å². The van der Waals surface area contributed by atoms with Gasteiger partial charge in [0.05, 0.1) is 0 Å². The fraction of sp³-hybridized carbons (Fsp3) is 0.500. The number of carbonyl (C=O) groups is 1. The van der Waals surface area contributed by atoms with Crippen LogP contribution >= 0.6 is 0 Å². The average Bonchev–Trinajstić information content (AvgIpc) is 1.35. The first-order valence-corrected chi connectivity index (χ1v) is 1.43. The Balaban J connectivity index is 2.83. The van der Waals surface area contributed by atoms with Gasteiger partial charge in [0.2, 0.25) is 0 Å². The minimum atomic E-state index is -1.07. The maximum atomic E-state index is 9.43. The molecule has 0 aromatic rings. The molecule has 0 atom stereocenters. The van der Waals surface area contributed by atoms with Crippen LogP contribution in [0.15, 0.2) is 0 Å². The van der Waals surface area contributed by atoms with E-state index < -0.39 is 6.09 Å². The van der Waals surface area contributed by atoms with Gasteiger partial charge in [-0.15, -0.1) is 0 Å². The lowest BCUT2D eigenvalue weighted by Gasteiger charge is -1.90. The van der Waals surface area contributed by atoms with Crippen molar-refractivity contribution in [1.82, 2.24) is 10.9 Å². The maximum absolute atomic E-state index is 9.43. The average molecular weight is 90.1 g/mol. The summed E-state index contributed by atoms with van der Waals surface area (Å²) < 4.78 is 0. The molecule has 0 aliphatic rings. The van der Waals surface area contributed by atoms with Crippen molar-refractivity contribution in [1.29, 1.82) is 0 Å². The highest BCUT2D eigenvalue weighted by molar-refractivity contribution is 5.63. The van der Waals surface area contributed by atoms with Gasteiger partial charge in [-0.1, -0.05) is 0 Å². The van der Waals surface area contributed by atoms with Crippen molar-refractivity contribution in [2.45, 2.75) is 0 Å². The molecule has 0 aromatic carbocycles. The first-order valence-electron chi connectivity index (χ1n) is 1.43. The van der Waals surface area contributed by atoms with E-state index in [1.165, 1.54) is 7.05 Å². The van der Waals surface area contributed by atoms with Crippen LogP contribution in [0.5, 0.6) is 0 Å². The normalized spacial score (nSPS) is 7.50. The van der Waals surface area contributed by atoms with Crippen molar-refractivity contribution in [2.24, 2.45) is 0 Å². The van der Waals surface area contributed by atoms with Crippen LogP contribution in [0, 0.1) is 0 Å². The third kappa shape index (κ3) is 3.23. The van der Waals surface area contributed by atoms with Gasteiger partial charge < -0.3 is 5.11 Å². The third-order valence-electron chi connectivity index (χ3n) is 0.232. The van der Waals surface area contributed by atoms with Crippen molar-refractivity contribution in [3.63, 3.8) is 0 Å². The summed E-state index contributed by atoms with van der Waals surface area (Å²) in [5.74, 6) is 0. The summed E-state index contributed by atoms with van der Waals surface area (Å²) in [5, 5.41) is 7.74. The molecule has 3 N–H and O–H groups in total. The van der Waals surface area contributed by atoms with Crippen LogP contribution in [0.2, 0.25) is 0 Å². The molecule has 0 fully saturated rings. The van der Waals surface area contributed by atoms with Crippen molar-refractivity contribution in [3.05, 3.63) is 0 Å². The second-order valence-electron chi connectivity index (χ2n) is 0.680. The predicted molar refractivity (Wildman–Crippen MR) is 20.2 cm³/mol. The molecule has 4 nitrogen and oxygen atoms in total. The summed E-state index contributed by atoms with van der Waals surface area (Å²) in [5.41, 5.74) is 4.09. The van der Waals surface area contributed by atoms with E-state index in [0.717, 1.165) is 0 Å². The molecule has 0 aliphatic carbocycles. The molecule has 0 unspecified atom stereocenters. The fourth-order valence-corrected chi connectivity index (χ4v) is 0.107. The van der Waals surface area contributed by atoms with Gasteiger partial charge in [-0.05, 0) is 0 Å². The second kappa shape index (κ2) is 2.47. The molecular weight excluding hydrogens is 84.0 g/mol. The molecular formula is C2H6N2O2. The lowest BCUT2D eigenvalue weighted by Crippen LogP contribution is -2.32. The minimum Gasteiger partial charge on any atom is -0.464 e. The van der Waals surface area contributed by atoms with Crippen molar-refractivity contribution < 1.29 is 9.90 Å². The molecule has 0 aliphatic heterocycles. The molecule has 1 amide bonds. The minimum absolute atomic E-state index is 1.07. The smallest absolute Gasteiger partial charge is 0.419 e. The van der Waals surface area contributed by atoms with E-state index in [9.17, 15) is 4.79 Å². The number of nitrogens with one attached hydrogen (secondary N) is 2. The Hall–Kier alpha value is -0.770. The maximum Gasteiger partial charge on any atom is 0.419 e. The first kappa shape index (κ1) is 5.23. The Kier molecular flexibility index (Phi) is 2.15. The van der Waals surface area contributed by atoms with Gasteiger partial charge in [0.15, 0.2) is 0 Å². The molecule has 4 heteroatoms. The molecule has 0 saturated heterocycles. The standard InChI is InChI=1S/C2H6N2O2/c1-3-4-2(5)6/h3-4H,1H3,(H,5,6). The van der Waals surface area contributed by atoms with Crippen LogP contribution in [0.25, 0.3) is 0 Å². The number of carboxylic acid groups (broad SMARTS) is 1. The van der Waals surface area contributed by atoms with E-state index in [1.54, 1.807) is 0 Å². The molecule has 0 spiro atoms. The number of hydrogen-bond donors (Lipinski definition) is 3. The van der Waals surface area contributed by atoms with Crippen LogP contribution in [0.4, 0.5) is 4.79 Å². The second-order valence-corrected chi connectivity index (χ2v) is 0.680. The largest absolute Gasteiger partial charge is 0.464 e. The zero-order valence-corrected chi connectivity index (χ0v) is 3.36. The van der Waals surface area contributed by atoms with Crippen LogP contribution in [0.1, 0.15) is 0 Å². The predicted octanol–water partition coefficient (Wildman–Crippen LogP) is -0.612. The van der Waals surface area contributed by atoms with Gasteiger partial charge in [0.1, 0.15) is 0 Å². The molecule has 0 saturated carbocycles. The highest BCUT2D eigenvalue weighted by Crippen LogP contribution is 1.46. The monoisotopic (exact) mass is 90.0 g/mol. The summed E-state index contributed by atoms with van der Waals surface area (Å²) in [7, 11) is 1.48. The zero-order chi connectivity index (χ0) is 4.99. The van der Waals surface area contributed by atoms with Gasteiger partial charge in [-0.3, -0.25) is 5.43 Å². The van der Waals surface area contributed by atoms with Crippen LogP contribution in [-0.2, 0) is 0 Å². The Morgan fingerprint density at radius 2 is 2.33 bits per heavy atom. The van der Waals surface area contributed by atoms with Crippen LogP contribution in [0.3, 0.4) is 0 Å². The van der Waals surface area contributed by atoms with Crippen LogP contribution < -0.4 is 10.9 Å². The summed E-state index contributed by atoms with van der Waals surface area (Å²) in [6.07, 6.45) is -1.07. The van der Waals surface area contributed by atoms with Crippen molar-refractivity contribution in [2.75, 3.05) is 7.05 Å². The quantitative estimate of drug-likeness (QED) is 0.376. The van der Waals surface area contributed by atoms with Crippen molar-refractivity contribution in [3.8, 4) is 0 Å². The molecule has 0 heterocycles. The van der Waals surface area contributed by atoms with Crippen LogP contribution in [-0.4, -0.2) is 18.2 Å². The lowest BCUT2D eigenvalue weighted by molar-refractivity contribution is 0.190. The molecule has 0 bridgehead atoms. The van der Waals surface area contributed by atoms with E-state index in [4.69, 9.17) is 5.11 Å². The number of rotatable bonds is 1. The summed E-state index contributed by atoms with van der Waals surface area (Å²) in [4.78, 5) is 9.43. The highest BCUT2D eigenvalue weighted by Gasteiger charge is 1.82. The summed E-state index contributed by atoms with van der Waals surface area (Å²) in [6, 6.07) is 0. The van der Waals surface area contributed by atoms with Gasteiger partial charge in [0, 0.05) is 7.05 Å². The van der Waals surface area contributed by atoms with Crippen molar-refractivity contribution >= 4 is 6.09 Å². The van der Waals surface area contributed by atoms with Gasteiger partial charge in [0.25, 0.3) is 0 Å². The van der Waals surface area contributed by atoms with Gasteiger partial charge in [-0.2, -0.15) is 0 Å². The van der Waals surface area contributed by atoms with E-state index in [0.29, 0.717) is 0 Å². The third-order valence-corrected chi connectivity index (χ3v) is 0.232. The fourth-order valence-electron chi connectivity index (χ4n) is 0.107. The molecule has 6 heavy (non-hydrogen) atoms.